The van der Waals surface area contributed by atoms with Gasteiger partial charge in [0.2, 0.25) is 0 Å². The average Bonchev–Trinajstić information content (AvgIpc) is 2.92. The second kappa shape index (κ2) is 8.57. The predicted molar refractivity (Wildman–Crippen MR) is 97.6 cm³/mol. The van der Waals surface area contributed by atoms with E-state index >= 15 is 0 Å². The first-order chi connectivity index (χ1) is 9.97. The number of nitrogens with zero attached hydrogens (tertiary/aromatic N) is 1. The third-order valence-corrected chi connectivity index (χ3v) is 4.67. The highest BCUT2D eigenvalue weighted by atomic mass is 35.5. The quantitative estimate of drug-likeness (QED) is 0.640. The second-order valence-electron chi connectivity index (χ2n) is 5.40. The first-order valence-electron chi connectivity index (χ1n) is 7.50. The lowest BCUT2D eigenvalue weighted by molar-refractivity contribution is 0.403. The molecule has 2 rings (SSSR count). The molecule has 0 aliphatic rings. The summed E-state index contributed by atoms with van der Waals surface area (Å²) in [6.45, 7) is 9.39. The Labute approximate surface area is 138 Å². The van der Waals surface area contributed by atoms with E-state index in [0.717, 1.165) is 11.6 Å². The minimum Gasteiger partial charge on any atom is -0.305 e. The predicted octanol–water partition coefficient (Wildman–Crippen LogP) is 6.28. The van der Waals surface area contributed by atoms with Gasteiger partial charge in [-0.25, -0.2) is 0 Å². The highest BCUT2D eigenvalue weighted by Gasteiger charge is 2.11. The molecular formula is C18H26ClNS. The van der Waals surface area contributed by atoms with Crippen molar-refractivity contribution in [3.63, 3.8) is 0 Å². The van der Waals surface area contributed by atoms with Crippen molar-refractivity contribution < 1.29 is 0 Å². The molecule has 0 radical (unpaired) electrons. The summed E-state index contributed by atoms with van der Waals surface area (Å²) < 4.78 is 0. The lowest BCUT2D eigenvalue weighted by atomic mass is 10.1. The molecule has 0 saturated carbocycles. The highest BCUT2D eigenvalue weighted by Crippen LogP contribution is 2.35. The summed E-state index contributed by atoms with van der Waals surface area (Å²) >= 11 is 8.03. The van der Waals surface area contributed by atoms with Crippen molar-refractivity contribution in [2.75, 3.05) is 14.1 Å². The number of halogens is 1. The molecule has 21 heavy (non-hydrogen) atoms. The van der Waals surface area contributed by atoms with Crippen LogP contribution in [0.4, 0.5) is 0 Å². The molecule has 0 bridgehead atoms. The number of benzene rings is 1. The van der Waals surface area contributed by atoms with Gasteiger partial charge >= 0.3 is 0 Å². The Hall–Kier alpha value is -0.830. The van der Waals surface area contributed by atoms with E-state index in [1.54, 1.807) is 0 Å². The van der Waals surface area contributed by atoms with Crippen LogP contribution in [0.5, 0.6) is 0 Å². The van der Waals surface area contributed by atoms with Crippen LogP contribution in [0, 0.1) is 0 Å². The summed E-state index contributed by atoms with van der Waals surface area (Å²) in [5.41, 5.74) is 2.59. The van der Waals surface area contributed by atoms with Gasteiger partial charge in [-0.3, -0.25) is 0 Å². The van der Waals surface area contributed by atoms with E-state index in [1.807, 2.05) is 31.3 Å². The molecule has 0 spiro atoms. The van der Waals surface area contributed by atoms with Crippen molar-refractivity contribution in [3.8, 4) is 10.4 Å². The van der Waals surface area contributed by atoms with Gasteiger partial charge < -0.3 is 4.90 Å². The monoisotopic (exact) mass is 323 g/mol. The SMILES string of the molecule is CC.CC(C)c1ccc(-c2cc(Cl)ccc2CN(C)C)s1. The fourth-order valence-corrected chi connectivity index (χ4v) is 3.30. The molecule has 1 nitrogen and oxygen atoms in total. The van der Waals surface area contributed by atoms with E-state index in [0.29, 0.717) is 5.92 Å². The average molecular weight is 324 g/mol. The number of hydrogen-bond acceptors (Lipinski definition) is 2. The molecule has 0 atom stereocenters. The lowest BCUT2D eigenvalue weighted by Crippen LogP contribution is -2.11. The molecule has 0 unspecified atom stereocenters. The fourth-order valence-electron chi connectivity index (χ4n) is 2.06. The van der Waals surface area contributed by atoms with Crippen LogP contribution in [0.1, 0.15) is 44.1 Å². The van der Waals surface area contributed by atoms with E-state index < -0.39 is 0 Å². The Kier molecular flexibility index (Phi) is 7.44. The van der Waals surface area contributed by atoms with Crippen molar-refractivity contribution >= 4 is 22.9 Å². The molecule has 2 aromatic rings. The summed E-state index contributed by atoms with van der Waals surface area (Å²) in [6.07, 6.45) is 0. The third-order valence-electron chi connectivity index (χ3n) is 3.02. The van der Waals surface area contributed by atoms with Crippen LogP contribution in [0.15, 0.2) is 30.3 Å². The summed E-state index contributed by atoms with van der Waals surface area (Å²) in [4.78, 5) is 4.91. The van der Waals surface area contributed by atoms with Crippen molar-refractivity contribution in [2.24, 2.45) is 0 Å². The number of thiophene rings is 1. The second-order valence-corrected chi connectivity index (χ2v) is 6.95. The van der Waals surface area contributed by atoms with E-state index in [9.17, 15) is 0 Å². The Bertz CT molecular complexity index is 558. The minimum atomic E-state index is 0.579. The zero-order valence-corrected chi connectivity index (χ0v) is 15.5. The summed E-state index contributed by atoms with van der Waals surface area (Å²) in [5.74, 6) is 0.579. The van der Waals surface area contributed by atoms with E-state index in [-0.39, 0.29) is 0 Å². The summed E-state index contributed by atoms with van der Waals surface area (Å²) in [6, 6.07) is 10.6. The maximum Gasteiger partial charge on any atom is 0.0412 e. The van der Waals surface area contributed by atoms with Gasteiger partial charge in [0.1, 0.15) is 0 Å². The van der Waals surface area contributed by atoms with Gasteiger partial charge in [-0.15, -0.1) is 11.3 Å². The molecule has 3 heteroatoms. The Balaban J connectivity index is 0.00000106. The van der Waals surface area contributed by atoms with Crippen molar-refractivity contribution in [1.82, 2.24) is 4.90 Å². The van der Waals surface area contributed by atoms with Crippen molar-refractivity contribution in [1.29, 1.82) is 0 Å². The normalized spacial score (nSPS) is 10.7. The summed E-state index contributed by atoms with van der Waals surface area (Å²) in [7, 11) is 4.18. The number of hydrogen-bond donors (Lipinski definition) is 0. The molecule has 1 aromatic carbocycles. The minimum absolute atomic E-state index is 0.579. The zero-order chi connectivity index (χ0) is 16.0. The molecule has 1 aromatic heterocycles. The van der Waals surface area contributed by atoms with Gasteiger partial charge in [-0.05, 0) is 55.4 Å². The van der Waals surface area contributed by atoms with Crippen LogP contribution in [0.25, 0.3) is 10.4 Å². The topological polar surface area (TPSA) is 3.24 Å². The lowest BCUT2D eigenvalue weighted by Gasteiger charge is -2.13. The first-order valence-corrected chi connectivity index (χ1v) is 8.70. The fraction of sp³-hybridized carbons (Fsp3) is 0.444. The van der Waals surface area contributed by atoms with Gasteiger partial charge in [-0.2, -0.15) is 0 Å². The zero-order valence-electron chi connectivity index (χ0n) is 13.9. The number of rotatable bonds is 4. The molecule has 0 aliphatic heterocycles. The smallest absolute Gasteiger partial charge is 0.0412 e. The Morgan fingerprint density at radius 2 is 1.76 bits per heavy atom. The molecule has 0 saturated heterocycles. The Morgan fingerprint density at radius 3 is 2.29 bits per heavy atom. The molecule has 0 amide bonds. The van der Waals surface area contributed by atoms with Gasteiger partial charge in [-0.1, -0.05) is 45.4 Å². The van der Waals surface area contributed by atoms with Gasteiger partial charge in [0, 0.05) is 21.3 Å². The van der Waals surface area contributed by atoms with Crippen LogP contribution >= 0.6 is 22.9 Å². The molecule has 116 valence electrons. The van der Waals surface area contributed by atoms with Crippen LogP contribution in [-0.4, -0.2) is 19.0 Å². The molecule has 1 heterocycles. The standard InChI is InChI=1S/C16H20ClNS.C2H6/c1-11(2)15-7-8-16(19-15)14-9-13(17)6-5-12(14)10-18(3)4;1-2/h5-9,11H,10H2,1-4H3;1-2H3. The van der Waals surface area contributed by atoms with Crippen molar-refractivity contribution in [2.45, 2.75) is 40.2 Å². The van der Waals surface area contributed by atoms with Crippen LogP contribution < -0.4 is 0 Å². The highest BCUT2D eigenvalue weighted by molar-refractivity contribution is 7.15. The van der Waals surface area contributed by atoms with Gasteiger partial charge in [0.05, 0.1) is 0 Å². The van der Waals surface area contributed by atoms with Crippen molar-refractivity contribution in [3.05, 3.63) is 45.8 Å². The maximum absolute atomic E-state index is 6.16. The van der Waals surface area contributed by atoms with Crippen LogP contribution in [-0.2, 0) is 6.54 Å². The van der Waals surface area contributed by atoms with E-state index in [2.05, 4.69) is 57.1 Å². The van der Waals surface area contributed by atoms with E-state index in [1.165, 1.54) is 20.9 Å². The summed E-state index contributed by atoms with van der Waals surface area (Å²) in [5, 5.41) is 0.803. The maximum atomic E-state index is 6.16. The van der Waals surface area contributed by atoms with Gasteiger partial charge in [0.25, 0.3) is 0 Å². The van der Waals surface area contributed by atoms with Crippen LogP contribution in [0.2, 0.25) is 5.02 Å². The van der Waals surface area contributed by atoms with Crippen LogP contribution in [0.3, 0.4) is 0 Å². The molecule has 0 aliphatic carbocycles. The molecular weight excluding hydrogens is 298 g/mol. The van der Waals surface area contributed by atoms with Gasteiger partial charge in [0.15, 0.2) is 0 Å². The molecule has 0 N–H and O–H groups in total. The first kappa shape index (κ1) is 18.2. The third kappa shape index (κ3) is 5.14. The largest absolute Gasteiger partial charge is 0.305 e. The Morgan fingerprint density at radius 1 is 1.10 bits per heavy atom. The molecule has 0 fully saturated rings. The van der Waals surface area contributed by atoms with E-state index in [4.69, 9.17) is 11.6 Å².